The van der Waals surface area contributed by atoms with E-state index in [4.69, 9.17) is 9.05 Å². The van der Waals surface area contributed by atoms with Crippen LogP contribution in [0.1, 0.15) is 13.8 Å². The summed E-state index contributed by atoms with van der Waals surface area (Å²) in [6.07, 6.45) is 0. The molecule has 0 saturated heterocycles. The van der Waals surface area contributed by atoms with Crippen LogP contribution in [0.2, 0.25) is 0 Å². The van der Waals surface area contributed by atoms with Gasteiger partial charge < -0.3 is 13.8 Å². The van der Waals surface area contributed by atoms with Gasteiger partial charge in [-0.3, -0.25) is 4.57 Å². The average molecular weight is 222 g/mol. The van der Waals surface area contributed by atoms with Gasteiger partial charge >= 0.3 is 13.6 Å². The maximum Gasteiger partial charge on any atom is 0.368 e. The number of rotatable bonds is 4. The molecule has 0 aliphatic carbocycles. The smallest absolute Gasteiger partial charge is 0.368 e. The van der Waals surface area contributed by atoms with Gasteiger partial charge in [-0.15, -0.1) is 0 Å². The van der Waals surface area contributed by atoms with Crippen LogP contribution in [0.15, 0.2) is 10.9 Å². The van der Waals surface area contributed by atoms with Crippen LogP contribution in [-0.2, 0) is 23.1 Å². The van der Waals surface area contributed by atoms with Crippen LogP contribution in [0, 0.1) is 0 Å². The third-order valence-corrected chi connectivity index (χ3v) is 3.75. The fraction of sp³-hybridized carbons (Fsp3) is 0.625. The fourth-order valence-electron chi connectivity index (χ4n) is 0.944. The highest BCUT2D eigenvalue weighted by Gasteiger charge is 2.35. The molecule has 0 atom stereocenters. The molecule has 0 radical (unpaired) electrons. The highest BCUT2D eigenvalue weighted by atomic mass is 31.2. The first-order valence-electron chi connectivity index (χ1n) is 3.90. The molecule has 0 N–H and O–H groups in total. The third-order valence-electron chi connectivity index (χ3n) is 1.61. The van der Waals surface area contributed by atoms with Crippen molar-refractivity contribution < 1.29 is 23.1 Å². The van der Waals surface area contributed by atoms with Crippen molar-refractivity contribution in [3.8, 4) is 0 Å². The van der Waals surface area contributed by atoms with E-state index < -0.39 is 13.6 Å². The molecule has 0 saturated carbocycles. The molecule has 0 bridgehead atoms. The maximum absolute atomic E-state index is 11.9. The minimum absolute atomic E-state index is 0.0509. The Morgan fingerprint density at radius 2 is 1.50 bits per heavy atom. The van der Waals surface area contributed by atoms with Gasteiger partial charge in [-0.2, -0.15) is 0 Å². The van der Waals surface area contributed by atoms with Gasteiger partial charge in [0, 0.05) is 14.2 Å². The summed E-state index contributed by atoms with van der Waals surface area (Å²) in [6.45, 7) is 3.27. The van der Waals surface area contributed by atoms with Crippen LogP contribution in [0.3, 0.4) is 0 Å². The Kier molecular flexibility index (Phi) is 5.05. The van der Waals surface area contributed by atoms with E-state index in [1.165, 1.54) is 21.3 Å². The number of hydrogen-bond acceptors (Lipinski definition) is 5. The summed E-state index contributed by atoms with van der Waals surface area (Å²) < 4.78 is 25.8. The van der Waals surface area contributed by atoms with Crippen LogP contribution in [0.5, 0.6) is 0 Å². The Morgan fingerprint density at radius 1 is 1.07 bits per heavy atom. The summed E-state index contributed by atoms with van der Waals surface area (Å²) in [5.41, 5.74) is 0.545. The van der Waals surface area contributed by atoms with Crippen molar-refractivity contribution in [3.63, 3.8) is 0 Å². The molecule has 0 amide bonds. The Labute approximate surface area is 83.6 Å². The minimum Gasteiger partial charge on any atom is -0.465 e. The Balaban J connectivity index is 5.35. The highest BCUT2D eigenvalue weighted by Crippen LogP contribution is 2.56. The van der Waals surface area contributed by atoms with Crippen molar-refractivity contribution in [1.29, 1.82) is 0 Å². The second-order valence-electron chi connectivity index (χ2n) is 2.70. The van der Waals surface area contributed by atoms with E-state index in [1.807, 2.05) is 0 Å². The first-order valence-corrected chi connectivity index (χ1v) is 5.45. The van der Waals surface area contributed by atoms with Gasteiger partial charge in [0.15, 0.2) is 0 Å². The standard InChI is InChI=1S/C8H15O5P/c1-6(2)7(8(9)11-3)14(10,12-4)13-5/h1-5H3. The van der Waals surface area contributed by atoms with Crippen LogP contribution in [0.25, 0.3) is 0 Å². The normalized spacial score (nSPS) is 10.9. The van der Waals surface area contributed by atoms with Crippen LogP contribution in [0.4, 0.5) is 0 Å². The van der Waals surface area contributed by atoms with E-state index >= 15 is 0 Å². The van der Waals surface area contributed by atoms with E-state index in [0.29, 0.717) is 5.57 Å². The van der Waals surface area contributed by atoms with Crippen molar-refractivity contribution in [2.75, 3.05) is 21.3 Å². The van der Waals surface area contributed by atoms with Crippen molar-refractivity contribution in [1.82, 2.24) is 0 Å². The minimum atomic E-state index is -3.51. The zero-order valence-corrected chi connectivity index (χ0v) is 9.88. The molecule has 0 aliphatic heterocycles. The molecule has 0 heterocycles. The highest BCUT2D eigenvalue weighted by molar-refractivity contribution is 7.59. The van der Waals surface area contributed by atoms with Gasteiger partial charge in [0.25, 0.3) is 0 Å². The van der Waals surface area contributed by atoms with Crippen LogP contribution < -0.4 is 0 Å². The topological polar surface area (TPSA) is 61.8 Å². The lowest BCUT2D eigenvalue weighted by molar-refractivity contribution is -0.135. The number of allylic oxidation sites excluding steroid dienone is 1. The van der Waals surface area contributed by atoms with E-state index in [1.54, 1.807) is 13.8 Å². The molecular formula is C8H15O5P. The average Bonchev–Trinajstić information content (AvgIpc) is 2.16. The second-order valence-corrected chi connectivity index (χ2v) is 4.88. The SMILES string of the molecule is COC(=O)C(=C(C)C)P(=O)(OC)OC. The maximum atomic E-state index is 11.9. The van der Waals surface area contributed by atoms with Gasteiger partial charge in [-0.25, -0.2) is 4.79 Å². The molecule has 0 spiro atoms. The molecule has 0 aliphatic rings. The fourth-order valence-corrected chi connectivity index (χ4v) is 2.32. The van der Waals surface area contributed by atoms with Crippen LogP contribution in [-0.4, -0.2) is 27.3 Å². The Morgan fingerprint density at radius 3 is 1.71 bits per heavy atom. The van der Waals surface area contributed by atoms with Crippen LogP contribution >= 0.6 is 7.60 Å². The summed E-state index contributed by atoms with van der Waals surface area (Å²) in [5.74, 6) is -0.697. The van der Waals surface area contributed by atoms with Gasteiger partial charge in [0.1, 0.15) is 5.31 Å². The first kappa shape index (κ1) is 13.4. The predicted octanol–water partition coefficient (Wildman–Crippen LogP) is 1.94. The number of carbonyl (C=O) groups is 1. The zero-order valence-electron chi connectivity index (χ0n) is 8.99. The molecule has 0 aromatic carbocycles. The lowest BCUT2D eigenvalue weighted by atomic mass is 10.3. The summed E-state index contributed by atoms with van der Waals surface area (Å²) in [5, 5.41) is -0.0509. The molecule has 0 fully saturated rings. The molecule has 0 aromatic heterocycles. The van der Waals surface area contributed by atoms with Gasteiger partial charge in [-0.05, 0) is 13.8 Å². The summed E-state index contributed by atoms with van der Waals surface area (Å²) in [4.78, 5) is 11.3. The van der Waals surface area contributed by atoms with Crippen molar-refractivity contribution in [3.05, 3.63) is 10.9 Å². The summed E-state index contributed by atoms with van der Waals surface area (Å²) in [6, 6.07) is 0. The second kappa shape index (κ2) is 5.29. The zero-order chi connectivity index (χ0) is 11.4. The molecule has 5 nitrogen and oxygen atoms in total. The summed E-state index contributed by atoms with van der Waals surface area (Å²) >= 11 is 0. The number of esters is 1. The molecule has 14 heavy (non-hydrogen) atoms. The largest absolute Gasteiger partial charge is 0.465 e. The van der Waals surface area contributed by atoms with E-state index in [0.717, 1.165) is 0 Å². The lowest BCUT2D eigenvalue weighted by Gasteiger charge is -2.16. The Hall–Kier alpha value is -0.640. The van der Waals surface area contributed by atoms with E-state index in [9.17, 15) is 9.36 Å². The van der Waals surface area contributed by atoms with Crippen molar-refractivity contribution >= 4 is 13.6 Å². The van der Waals surface area contributed by atoms with E-state index in [2.05, 4.69) is 4.74 Å². The quantitative estimate of drug-likeness (QED) is 0.413. The molecule has 6 heteroatoms. The van der Waals surface area contributed by atoms with Gasteiger partial charge in [0.05, 0.1) is 7.11 Å². The molecular weight excluding hydrogens is 207 g/mol. The van der Waals surface area contributed by atoms with Gasteiger partial charge in [-0.1, -0.05) is 5.57 Å². The van der Waals surface area contributed by atoms with Crippen molar-refractivity contribution in [2.45, 2.75) is 13.8 Å². The number of carbonyl (C=O) groups excluding carboxylic acids is 1. The van der Waals surface area contributed by atoms with E-state index in [-0.39, 0.29) is 5.31 Å². The summed E-state index contributed by atoms with van der Waals surface area (Å²) in [7, 11) is 0.131. The monoisotopic (exact) mass is 222 g/mol. The Bertz CT molecular complexity index is 282. The van der Waals surface area contributed by atoms with Crippen molar-refractivity contribution in [2.24, 2.45) is 0 Å². The number of hydrogen-bond donors (Lipinski definition) is 0. The predicted molar refractivity (Wildman–Crippen MR) is 52.0 cm³/mol. The molecule has 82 valence electrons. The molecule has 0 rings (SSSR count). The third kappa shape index (κ3) is 2.67. The first-order chi connectivity index (χ1) is 6.42. The number of ether oxygens (including phenoxy) is 1. The lowest BCUT2D eigenvalue weighted by Crippen LogP contribution is -2.09. The molecule has 0 unspecified atom stereocenters. The molecule has 0 aromatic rings. The number of methoxy groups -OCH3 is 1. The van der Waals surface area contributed by atoms with Gasteiger partial charge in [0.2, 0.25) is 0 Å².